The van der Waals surface area contributed by atoms with E-state index in [9.17, 15) is 10.1 Å². The van der Waals surface area contributed by atoms with Crippen molar-refractivity contribution in [2.45, 2.75) is 6.42 Å². The molecule has 6 nitrogen and oxygen atoms in total. The number of nitrogens with zero attached hydrogens (tertiary/aromatic N) is 2. The van der Waals surface area contributed by atoms with Crippen LogP contribution in [0, 0.1) is 21.4 Å². The van der Waals surface area contributed by atoms with Crippen LogP contribution in [0.25, 0.3) is 0 Å². The Bertz CT molecular complexity index is 680. The summed E-state index contributed by atoms with van der Waals surface area (Å²) in [6.45, 7) is 0.467. The minimum atomic E-state index is -0.520. The van der Waals surface area contributed by atoms with Crippen LogP contribution in [0.2, 0.25) is 0 Å². The second-order valence-corrected chi connectivity index (χ2v) is 4.40. The molecule has 0 unspecified atom stereocenters. The summed E-state index contributed by atoms with van der Waals surface area (Å²) < 4.78 is 10.9. The Morgan fingerprint density at radius 2 is 1.82 bits per heavy atom. The van der Waals surface area contributed by atoms with Crippen LogP contribution in [0.4, 0.5) is 5.69 Å². The number of ether oxygens (including phenoxy) is 2. The third-order valence-corrected chi connectivity index (χ3v) is 2.86. The monoisotopic (exact) mass is 298 g/mol. The minimum absolute atomic E-state index is 0.123. The van der Waals surface area contributed by atoms with Crippen LogP contribution < -0.4 is 9.47 Å². The molecular formula is C16H14N2O4. The number of nitro groups is 1. The second kappa shape index (κ2) is 7.64. The maximum Gasteiger partial charge on any atom is 0.311 e. The van der Waals surface area contributed by atoms with E-state index in [1.54, 1.807) is 6.07 Å². The lowest BCUT2D eigenvalue weighted by Crippen LogP contribution is -2.10. The summed E-state index contributed by atoms with van der Waals surface area (Å²) >= 11 is 0. The fraction of sp³-hybridized carbons (Fsp3) is 0.188. The van der Waals surface area contributed by atoms with Gasteiger partial charge in [0.05, 0.1) is 17.4 Å². The van der Waals surface area contributed by atoms with E-state index in [0.29, 0.717) is 11.3 Å². The summed E-state index contributed by atoms with van der Waals surface area (Å²) in [5.74, 6) is 0.883. The second-order valence-electron chi connectivity index (χ2n) is 4.40. The highest BCUT2D eigenvalue weighted by Gasteiger charge is 2.15. The zero-order valence-corrected chi connectivity index (χ0v) is 11.8. The highest BCUT2D eigenvalue weighted by atomic mass is 16.6. The molecule has 0 aliphatic heterocycles. The van der Waals surface area contributed by atoms with Crippen molar-refractivity contribution in [3.05, 3.63) is 64.2 Å². The summed E-state index contributed by atoms with van der Waals surface area (Å²) in [4.78, 5) is 10.5. The lowest BCUT2D eigenvalue weighted by Gasteiger charge is -2.09. The molecule has 0 aromatic heterocycles. The molecule has 0 bridgehead atoms. The first-order valence-corrected chi connectivity index (χ1v) is 6.65. The number of para-hydroxylation sites is 1. The van der Waals surface area contributed by atoms with E-state index in [2.05, 4.69) is 0 Å². The zero-order chi connectivity index (χ0) is 15.8. The molecule has 0 heterocycles. The summed E-state index contributed by atoms with van der Waals surface area (Å²) in [7, 11) is 0. The van der Waals surface area contributed by atoms with Gasteiger partial charge in [0.25, 0.3) is 0 Å². The molecule has 0 aliphatic carbocycles. The van der Waals surface area contributed by atoms with Gasteiger partial charge in [-0.3, -0.25) is 10.1 Å². The van der Waals surface area contributed by atoms with Gasteiger partial charge in [-0.05, 0) is 23.8 Å². The molecule has 22 heavy (non-hydrogen) atoms. The Morgan fingerprint density at radius 3 is 2.50 bits per heavy atom. The van der Waals surface area contributed by atoms with Crippen molar-refractivity contribution in [2.24, 2.45) is 0 Å². The lowest BCUT2D eigenvalue weighted by molar-refractivity contribution is -0.385. The average Bonchev–Trinajstić information content (AvgIpc) is 2.53. The van der Waals surface area contributed by atoms with Crippen molar-refractivity contribution < 1.29 is 14.4 Å². The van der Waals surface area contributed by atoms with Gasteiger partial charge in [0, 0.05) is 6.07 Å². The van der Waals surface area contributed by atoms with Crippen LogP contribution in [-0.2, 0) is 6.42 Å². The minimum Gasteiger partial charge on any atom is -0.490 e. The Hall–Kier alpha value is -3.07. The van der Waals surface area contributed by atoms with Crippen molar-refractivity contribution in [1.29, 1.82) is 5.26 Å². The van der Waals surface area contributed by atoms with E-state index in [-0.39, 0.29) is 31.1 Å². The maximum atomic E-state index is 11.0. The Morgan fingerprint density at radius 1 is 1.09 bits per heavy atom. The third-order valence-electron chi connectivity index (χ3n) is 2.86. The third kappa shape index (κ3) is 4.21. The van der Waals surface area contributed by atoms with E-state index in [1.165, 1.54) is 12.1 Å². The zero-order valence-electron chi connectivity index (χ0n) is 11.8. The fourth-order valence-electron chi connectivity index (χ4n) is 1.86. The molecule has 0 radical (unpaired) electrons. The topological polar surface area (TPSA) is 85.4 Å². The van der Waals surface area contributed by atoms with Crippen molar-refractivity contribution in [3.8, 4) is 17.6 Å². The van der Waals surface area contributed by atoms with Crippen LogP contribution in [-0.4, -0.2) is 18.1 Å². The quantitative estimate of drug-likeness (QED) is 0.445. The molecule has 0 saturated carbocycles. The van der Waals surface area contributed by atoms with E-state index < -0.39 is 4.92 Å². The first kappa shape index (κ1) is 15.3. The van der Waals surface area contributed by atoms with E-state index in [0.717, 1.165) is 0 Å². The van der Waals surface area contributed by atoms with Crippen LogP contribution in [0.3, 0.4) is 0 Å². The fourth-order valence-corrected chi connectivity index (χ4v) is 1.86. The molecule has 0 aliphatic rings. The molecule has 0 N–H and O–H groups in total. The first-order chi connectivity index (χ1) is 10.7. The van der Waals surface area contributed by atoms with Gasteiger partial charge in [-0.2, -0.15) is 5.26 Å². The van der Waals surface area contributed by atoms with Gasteiger partial charge < -0.3 is 9.47 Å². The van der Waals surface area contributed by atoms with Crippen molar-refractivity contribution >= 4 is 5.69 Å². The predicted octanol–water partition coefficient (Wildman–Crippen LogP) is 3.12. The Labute approximate surface area is 127 Å². The molecule has 112 valence electrons. The molecule has 0 spiro atoms. The largest absolute Gasteiger partial charge is 0.490 e. The van der Waals surface area contributed by atoms with Crippen molar-refractivity contribution in [1.82, 2.24) is 0 Å². The molecular weight excluding hydrogens is 284 g/mol. The Balaban J connectivity index is 1.94. The predicted molar refractivity (Wildman–Crippen MR) is 79.8 cm³/mol. The number of nitro benzene ring substituents is 1. The van der Waals surface area contributed by atoms with E-state index in [1.807, 2.05) is 36.4 Å². The molecule has 0 atom stereocenters. The summed E-state index contributed by atoms with van der Waals surface area (Å²) in [5, 5.41) is 19.7. The number of hydrogen-bond acceptors (Lipinski definition) is 5. The first-order valence-electron chi connectivity index (χ1n) is 6.65. The number of benzene rings is 2. The molecule has 2 rings (SSSR count). The summed E-state index contributed by atoms with van der Waals surface area (Å²) in [6, 6.07) is 15.7. The standard InChI is InChI=1S/C16H14N2O4/c17-9-8-13-6-7-16(15(12-13)18(19)20)22-11-10-21-14-4-2-1-3-5-14/h1-7,12H,8,10-11H2. The van der Waals surface area contributed by atoms with Crippen LogP contribution in [0.15, 0.2) is 48.5 Å². The van der Waals surface area contributed by atoms with Gasteiger partial charge in [0.2, 0.25) is 0 Å². The van der Waals surface area contributed by atoms with Gasteiger partial charge >= 0.3 is 5.69 Å². The molecule has 0 fully saturated rings. The average molecular weight is 298 g/mol. The molecule has 0 amide bonds. The number of rotatable bonds is 7. The molecule has 2 aromatic rings. The van der Waals surface area contributed by atoms with Gasteiger partial charge in [0.15, 0.2) is 5.75 Å². The van der Waals surface area contributed by atoms with Crippen molar-refractivity contribution in [3.63, 3.8) is 0 Å². The van der Waals surface area contributed by atoms with Gasteiger partial charge in [0.1, 0.15) is 19.0 Å². The summed E-state index contributed by atoms with van der Waals surface area (Å²) in [5.41, 5.74) is 0.439. The molecule has 2 aromatic carbocycles. The lowest BCUT2D eigenvalue weighted by atomic mass is 10.1. The van der Waals surface area contributed by atoms with Gasteiger partial charge in [-0.15, -0.1) is 0 Å². The maximum absolute atomic E-state index is 11.0. The summed E-state index contributed by atoms with van der Waals surface area (Å²) in [6.07, 6.45) is 0.123. The van der Waals surface area contributed by atoms with Crippen LogP contribution >= 0.6 is 0 Å². The van der Waals surface area contributed by atoms with Crippen LogP contribution in [0.5, 0.6) is 11.5 Å². The highest BCUT2D eigenvalue weighted by Crippen LogP contribution is 2.28. The van der Waals surface area contributed by atoms with Crippen LogP contribution in [0.1, 0.15) is 5.56 Å². The van der Waals surface area contributed by atoms with E-state index in [4.69, 9.17) is 14.7 Å². The number of hydrogen-bond donors (Lipinski definition) is 0. The molecule has 6 heteroatoms. The Kier molecular flexibility index (Phi) is 5.32. The smallest absolute Gasteiger partial charge is 0.311 e. The molecule has 0 saturated heterocycles. The van der Waals surface area contributed by atoms with Crippen molar-refractivity contribution in [2.75, 3.05) is 13.2 Å². The van der Waals surface area contributed by atoms with E-state index >= 15 is 0 Å². The van der Waals surface area contributed by atoms with Gasteiger partial charge in [-0.25, -0.2) is 0 Å². The SMILES string of the molecule is N#CCc1ccc(OCCOc2ccccc2)c([N+](=O)[O-])c1. The number of nitriles is 1. The van der Waals surface area contributed by atoms with Gasteiger partial charge in [-0.1, -0.05) is 24.3 Å². The highest BCUT2D eigenvalue weighted by molar-refractivity contribution is 5.49. The normalized spacial score (nSPS) is 9.77.